The van der Waals surface area contributed by atoms with Gasteiger partial charge in [-0.2, -0.15) is 0 Å². The number of aryl methyl sites for hydroxylation is 1. The molecule has 1 fully saturated rings. The molecule has 1 atom stereocenters. The topological polar surface area (TPSA) is 101 Å². The van der Waals surface area contributed by atoms with Crippen LogP contribution < -0.4 is 15.0 Å². The molecule has 2 N–H and O–H groups in total. The number of halogens is 1. The van der Waals surface area contributed by atoms with Crippen molar-refractivity contribution in [3.8, 4) is 16.9 Å². The number of aromatic nitrogens is 1. The molecule has 0 spiro atoms. The number of pyridine rings is 1. The Morgan fingerprint density at radius 1 is 1.21 bits per heavy atom. The van der Waals surface area contributed by atoms with Crippen molar-refractivity contribution in [1.82, 2.24) is 10.3 Å². The number of anilines is 1. The summed E-state index contributed by atoms with van der Waals surface area (Å²) in [6, 6.07) is 3.03. The summed E-state index contributed by atoms with van der Waals surface area (Å²) in [6.07, 6.45) is 2.44. The quantitative estimate of drug-likeness (QED) is 0.492. The first kappa shape index (κ1) is 28.8. The molecule has 1 aliphatic heterocycles. The van der Waals surface area contributed by atoms with Crippen LogP contribution >= 0.6 is 0 Å². The Morgan fingerprint density at radius 2 is 1.87 bits per heavy atom. The zero-order valence-corrected chi connectivity index (χ0v) is 24.0. The van der Waals surface area contributed by atoms with E-state index in [4.69, 9.17) is 9.47 Å². The third-order valence-electron chi connectivity index (χ3n) is 7.61. The number of carbonyl (C=O) groups is 2. The van der Waals surface area contributed by atoms with Gasteiger partial charge in [0.2, 0.25) is 0 Å². The summed E-state index contributed by atoms with van der Waals surface area (Å²) in [7, 11) is 1.89. The van der Waals surface area contributed by atoms with Gasteiger partial charge in [0.15, 0.2) is 6.10 Å². The number of aliphatic carboxylic acids is 1. The highest BCUT2D eigenvalue weighted by atomic mass is 19.1. The van der Waals surface area contributed by atoms with Gasteiger partial charge in [0.1, 0.15) is 23.9 Å². The molecule has 1 saturated carbocycles. The van der Waals surface area contributed by atoms with E-state index in [0.29, 0.717) is 47.3 Å². The van der Waals surface area contributed by atoms with Crippen molar-refractivity contribution in [2.24, 2.45) is 5.92 Å². The summed E-state index contributed by atoms with van der Waals surface area (Å²) in [5, 5.41) is 13.4. The average Bonchev–Trinajstić information content (AvgIpc) is 2.84. The smallest absolute Gasteiger partial charge is 0.337 e. The number of carboxylic acids is 1. The van der Waals surface area contributed by atoms with Crippen molar-refractivity contribution >= 4 is 17.6 Å². The van der Waals surface area contributed by atoms with Gasteiger partial charge in [-0.25, -0.2) is 14.2 Å². The Labute approximate surface area is 229 Å². The van der Waals surface area contributed by atoms with Gasteiger partial charge in [0, 0.05) is 36.0 Å². The molecular weight excluding hydrogens is 501 g/mol. The van der Waals surface area contributed by atoms with E-state index in [1.165, 1.54) is 6.07 Å². The maximum Gasteiger partial charge on any atom is 0.337 e. The molecule has 2 aliphatic rings. The van der Waals surface area contributed by atoms with Crippen LogP contribution in [0.25, 0.3) is 11.1 Å². The fourth-order valence-corrected chi connectivity index (χ4v) is 5.51. The zero-order valence-electron chi connectivity index (χ0n) is 24.0. The molecule has 1 amide bonds. The van der Waals surface area contributed by atoms with Gasteiger partial charge >= 0.3 is 5.97 Å². The number of benzene rings is 1. The van der Waals surface area contributed by atoms with Gasteiger partial charge in [-0.15, -0.1) is 0 Å². The Hall–Kier alpha value is -3.20. The van der Waals surface area contributed by atoms with Crippen molar-refractivity contribution in [3.05, 3.63) is 40.5 Å². The molecule has 2 heterocycles. The first-order chi connectivity index (χ1) is 18.3. The second kappa shape index (κ2) is 11.1. The van der Waals surface area contributed by atoms with Gasteiger partial charge in [0.25, 0.3) is 5.91 Å². The van der Waals surface area contributed by atoms with Gasteiger partial charge in [-0.3, -0.25) is 4.79 Å². The van der Waals surface area contributed by atoms with Crippen LogP contribution in [0.3, 0.4) is 0 Å². The number of hydrogen-bond acceptors (Lipinski definition) is 6. The van der Waals surface area contributed by atoms with Crippen molar-refractivity contribution in [3.63, 3.8) is 0 Å². The summed E-state index contributed by atoms with van der Waals surface area (Å²) < 4.78 is 27.5. The van der Waals surface area contributed by atoms with E-state index in [9.17, 15) is 14.7 Å². The van der Waals surface area contributed by atoms with Crippen molar-refractivity contribution in [1.29, 1.82) is 0 Å². The lowest BCUT2D eigenvalue weighted by atomic mass is 9.87. The number of carbonyl (C=O) groups excluding carboxylic acids is 1. The standard InChI is InChI=1S/C30H40FN3O5/c1-16-8-10-19(11-9-16)33-28(35)26-17(2)24(20-14-22-23(15-21(20)31)38-13-12-34(22)7)25(18(3)32-26)27(29(36)37)39-30(4,5)6/h14-16,19,27H,8-13H2,1-7H3,(H,33,35)(H,36,37)/t16?,19?,27-/m0/s1. The number of carboxylic acid groups (broad SMARTS) is 1. The fraction of sp³-hybridized carbons (Fsp3) is 0.567. The summed E-state index contributed by atoms with van der Waals surface area (Å²) in [4.78, 5) is 32.6. The SMILES string of the molecule is Cc1nc(C(=O)NC2CCC(C)CC2)c(C)c(-c2cc3c(cc2F)OCCN3C)c1[C@H](OC(C)(C)C)C(=O)O. The Bertz CT molecular complexity index is 1260. The van der Waals surface area contributed by atoms with Crippen LogP contribution in [0.15, 0.2) is 12.1 Å². The van der Waals surface area contributed by atoms with Crippen LogP contribution in [-0.4, -0.2) is 53.8 Å². The summed E-state index contributed by atoms with van der Waals surface area (Å²) in [5.74, 6) is -1.09. The lowest BCUT2D eigenvalue weighted by molar-refractivity contribution is -0.160. The maximum atomic E-state index is 15.8. The predicted octanol–water partition coefficient (Wildman–Crippen LogP) is 5.58. The molecule has 1 aromatic heterocycles. The number of amides is 1. The summed E-state index contributed by atoms with van der Waals surface area (Å²) >= 11 is 0. The minimum absolute atomic E-state index is 0.0422. The Morgan fingerprint density at radius 3 is 2.49 bits per heavy atom. The third kappa shape index (κ3) is 6.19. The maximum absolute atomic E-state index is 15.8. The molecule has 0 unspecified atom stereocenters. The number of ether oxygens (including phenoxy) is 2. The molecule has 212 valence electrons. The minimum Gasteiger partial charge on any atom is -0.489 e. The van der Waals surface area contributed by atoms with Crippen molar-refractivity contribution in [2.75, 3.05) is 25.1 Å². The van der Waals surface area contributed by atoms with Crippen molar-refractivity contribution in [2.45, 2.75) is 85.0 Å². The Balaban J connectivity index is 1.91. The highest BCUT2D eigenvalue weighted by Gasteiger charge is 2.35. The number of rotatable bonds is 6. The molecule has 8 nitrogen and oxygen atoms in total. The molecule has 9 heteroatoms. The lowest BCUT2D eigenvalue weighted by Gasteiger charge is -2.31. The third-order valence-corrected chi connectivity index (χ3v) is 7.61. The molecule has 1 aliphatic carbocycles. The van der Waals surface area contributed by atoms with Crippen LogP contribution in [0.4, 0.5) is 10.1 Å². The number of nitrogens with zero attached hydrogens (tertiary/aromatic N) is 2. The van der Waals surface area contributed by atoms with Crippen LogP contribution in [0, 0.1) is 25.6 Å². The molecule has 39 heavy (non-hydrogen) atoms. The van der Waals surface area contributed by atoms with E-state index in [2.05, 4.69) is 17.2 Å². The van der Waals surface area contributed by atoms with Gasteiger partial charge in [0.05, 0.1) is 17.8 Å². The van der Waals surface area contributed by atoms with Crippen LogP contribution in [0.5, 0.6) is 5.75 Å². The van der Waals surface area contributed by atoms with Crippen LogP contribution in [0.1, 0.15) is 86.8 Å². The zero-order chi connectivity index (χ0) is 28.6. The normalized spacial score (nSPS) is 20.2. The second-order valence-electron chi connectivity index (χ2n) is 11.9. The number of nitrogens with one attached hydrogen (secondary N) is 1. The molecule has 4 rings (SSSR count). The molecule has 2 aromatic rings. The number of likely N-dealkylation sites (N-methyl/N-ethyl adjacent to an activating group) is 1. The van der Waals surface area contributed by atoms with Crippen molar-refractivity contribution < 1.29 is 28.6 Å². The first-order valence-corrected chi connectivity index (χ1v) is 13.7. The minimum atomic E-state index is -1.42. The Kier molecular flexibility index (Phi) is 8.21. The monoisotopic (exact) mass is 541 g/mol. The fourth-order valence-electron chi connectivity index (χ4n) is 5.51. The second-order valence-corrected chi connectivity index (χ2v) is 11.9. The summed E-state index contributed by atoms with van der Waals surface area (Å²) in [5.41, 5.74) is 1.45. The molecule has 0 bridgehead atoms. The van der Waals surface area contributed by atoms with E-state index >= 15 is 4.39 Å². The first-order valence-electron chi connectivity index (χ1n) is 13.7. The van der Waals surface area contributed by atoms with Gasteiger partial charge in [-0.1, -0.05) is 6.92 Å². The van der Waals surface area contributed by atoms with Gasteiger partial charge < -0.3 is 24.8 Å². The molecule has 0 radical (unpaired) electrons. The van der Waals surface area contributed by atoms with Crippen LogP contribution in [0.2, 0.25) is 0 Å². The van der Waals surface area contributed by atoms with E-state index in [0.717, 1.165) is 25.7 Å². The van der Waals surface area contributed by atoms with Crippen LogP contribution in [-0.2, 0) is 9.53 Å². The lowest BCUT2D eigenvalue weighted by Crippen LogP contribution is -2.38. The van der Waals surface area contributed by atoms with Gasteiger partial charge in [-0.05, 0) is 83.4 Å². The van der Waals surface area contributed by atoms with E-state index in [-0.39, 0.29) is 28.8 Å². The summed E-state index contributed by atoms with van der Waals surface area (Å²) in [6.45, 7) is 11.9. The molecule has 0 saturated heterocycles. The number of hydrogen-bond donors (Lipinski definition) is 2. The van der Waals surface area contributed by atoms with E-state index in [1.807, 2.05) is 11.9 Å². The number of fused-ring (bicyclic) bond motifs is 1. The predicted molar refractivity (Wildman–Crippen MR) is 148 cm³/mol. The highest BCUT2D eigenvalue weighted by Crippen LogP contribution is 2.43. The highest BCUT2D eigenvalue weighted by molar-refractivity contribution is 5.97. The average molecular weight is 542 g/mol. The molecular formula is C30H40FN3O5. The largest absolute Gasteiger partial charge is 0.489 e. The van der Waals surface area contributed by atoms with E-state index < -0.39 is 23.5 Å². The molecule has 1 aromatic carbocycles. The van der Waals surface area contributed by atoms with E-state index in [1.54, 1.807) is 40.7 Å².